The molecule has 2 N–H and O–H groups in total. The largest absolute Gasteiger partial charge is 0.371 e. The molecule has 0 aliphatic rings. The van der Waals surface area contributed by atoms with Crippen LogP contribution in [-0.2, 0) is 0 Å². The van der Waals surface area contributed by atoms with Gasteiger partial charge in [0.25, 0.3) is 5.91 Å². The zero-order valence-electron chi connectivity index (χ0n) is 10.4. The van der Waals surface area contributed by atoms with Crippen LogP contribution in [0, 0.1) is 17.5 Å². The molecule has 0 spiro atoms. The number of halogens is 3. The van der Waals surface area contributed by atoms with Gasteiger partial charge in [-0.15, -0.1) is 0 Å². The topological polar surface area (TPSA) is 54.0 Å². The molecule has 0 bridgehead atoms. The van der Waals surface area contributed by atoms with Gasteiger partial charge < -0.3 is 10.6 Å². The van der Waals surface area contributed by atoms with E-state index in [-0.39, 0.29) is 17.1 Å². The summed E-state index contributed by atoms with van der Waals surface area (Å²) in [4.78, 5) is 15.5. The average Bonchev–Trinajstić information content (AvgIpc) is 2.44. The minimum Gasteiger partial charge on any atom is -0.371 e. The number of carbonyl (C=O) groups excluding carboxylic acids is 1. The van der Waals surface area contributed by atoms with E-state index in [4.69, 9.17) is 0 Å². The molecular formula is C13H10F3N3O. The van der Waals surface area contributed by atoms with E-state index in [1.54, 1.807) is 0 Å². The predicted molar refractivity (Wildman–Crippen MR) is 68.1 cm³/mol. The highest BCUT2D eigenvalue weighted by Gasteiger charge is 2.17. The maximum Gasteiger partial charge on any atom is 0.258 e. The Morgan fingerprint density at radius 2 is 1.90 bits per heavy atom. The van der Waals surface area contributed by atoms with Gasteiger partial charge in [0.15, 0.2) is 23.3 Å². The van der Waals surface area contributed by atoms with E-state index in [0.717, 1.165) is 12.1 Å². The van der Waals surface area contributed by atoms with E-state index in [2.05, 4.69) is 15.6 Å². The van der Waals surface area contributed by atoms with Gasteiger partial charge in [-0.2, -0.15) is 0 Å². The molecule has 1 aromatic carbocycles. The third-order valence-electron chi connectivity index (χ3n) is 2.57. The van der Waals surface area contributed by atoms with Crippen LogP contribution in [0.25, 0.3) is 0 Å². The van der Waals surface area contributed by atoms with Crippen molar-refractivity contribution in [3.63, 3.8) is 0 Å². The summed E-state index contributed by atoms with van der Waals surface area (Å²) in [5.74, 6) is -4.19. The zero-order chi connectivity index (χ0) is 14.7. The standard InChI is InChI=1S/C13H10F3N3O/c1-17-12-10(15)7(5-6-18-12)13(20)19-9-4-2-3-8(14)11(9)16/h2-6H,1H3,(H,17,18)(H,19,20). The van der Waals surface area contributed by atoms with E-state index in [9.17, 15) is 18.0 Å². The van der Waals surface area contributed by atoms with Gasteiger partial charge in [0.1, 0.15) is 0 Å². The highest BCUT2D eigenvalue weighted by molar-refractivity contribution is 6.04. The lowest BCUT2D eigenvalue weighted by Crippen LogP contribution is -2.16. The van der Waals surface area contributed by atoms with Crippen molar-refractivity contribution >= 4 is 17.4 Å². The summed E-state index contributed by atoms with van der Waals surface area (Å²) in [6.45, 7) is 0. The Morgan fingerprint density at radius 3 is 2.60 bits per heavy atom. The molecule has 20 heavy (non-hydrogen) atoms. The monoisotopic (exact) mass is 281 g/mol. The Hall–Kier alpha value is -2.57. The Balaban J connectivity index is 2.31. The number of amides is 1. The van der Waals surface area contributed by atoms with Crippen molar-refractivity contribution in [1.29, 1.82) is 0 Å². The fourth-order valence-corrected chi connectivity index (χ4v) is 1.58. The molecule has 0 saturated carbocycles. The second-order valence-electron chi connectivity index (χ2n) is 3.83. The van der Waals surface area contributed by atoms with Crippen LogP contribution < -0.4 is 10.6 Å². The molecule has 0 atom stereocenters. The van der Waals surface area contributed by atoms with Gasteiger partial charge in [-0.25, -0.2) is 18.2 Å². The van der Waals surface area contributed by atoms with Crippen LogP contribution in [0.15, 0.2) is 30.5 Å². The first-order valence-electron chi connectivity index (χ1n) is 5.62. The first-order valence-corrected chi connectivity index (χ1v) is 5.62. The molecule has 1 amide bonds. The summed E-state index contributed by atoms with van der Waals surface area (Å²) in [5, 5.41) is 4.58. The lowest BCUT2D eigenvalue weighted by molar-refractivity contribution is 0.102. The van der Waals surface area contributed by atoms with Gasteiger partial charge in [-0.3, -0.25) is 4.79 Å². The number of anilines is 2. The fourth-order valence-electron chi connectivity index (χ4n) is 1.58. The minimum absolute atomic E-state index is 0.114. The van der Waals surface area contributed by atoms with Crippen LogP contribution in [0.3, 0.4) is 0 Å². The molecule has 1 heterocycles. The number of benzene rings is 1. The van der Waals surface area contributed by atoms with E-state index in [0.29, 0.717) is 0 Å². The Labute approximate surface area is 112 Å². The summed E-state index contributed by atoms with van der Waals surface area (Å²) in [7, 11) is 1.44. The van der Waals surface area contributed by atoms with Gasteiger partial charge in [0.05, 0.1) is 11.3 Å². The van der Waals surface area contributed by atoms with Crippen molar-refractivity contribution in [3.05, 3.63) is 53.5 Å². The second kappa shape index (κ2) is 5.60. The highest BCUT2D eigenvalue weighted by atomic mass is 19.2. The number of nitrogens with zero attached hydrogens (tertiary/aromatic N) is 1. The average molecular weight is 281 g/mol. The van der Waals surface area contributed by atoms with E-state index in [1.165, 1.54) is 25.4 Å². The van der Waals surface area contributed by atoms with Crippen molar-refractivity contribution in [3.8, 4) is 0 Å². The summed E-state index contributed by atoms with van der Waals surface area (Å²) < 4.78 is 40.3. The minimum atomic E-state index is -1.20. The molecule has 104 valence electrons. The molecule has 0 unspecified atom stereocenters. The van der Waals surface area contributed by atoms with Gasteiger partial charge in [-0.1, -0.05) is 6.07 Å². The van der Waals surface area contributed by atoms with Crippen LogP contribution in [0.1, 0.15) is 10.4 Å². The molecule has 1 aromatic heterocycles. The highest BCUT2D eigenvalue weighted by Crippen LogP contribution is 2.19. The van der Waals surface area contributed by atoms with Gasteiger partial charge >= 0.3 is 0 Å². The third-order valence-corrected chi connectivity index (χ3v) is 2.57. The summed E-state index contributed by atoms with van der Waals surface area (Å²) >= 11 is 0. The molecule has 0 aliphatic carbocycles. The summed E-state index contributed by atoms with van der Waals surface area (Å²) in [6, 6.07) is 4.46. The predicted octanol–water partition coefficient (Wildman–Crippen LogP) is 2.79. The van der Waals surface area contributed by atoms with E-state index in [1.807, 2.05) is 0 Å². The normalized spacial score (nSPS) is 10.2. The van der Waals surface area contributed by atoms with Crippen LogP contribution in [-0.4, -0.2) is 17.9 Å². The maximum absolute atomic E-state index is 13.9. The number of nitrogens with one attached hydrogen (secondary N) is 2. The Kier molecular flexibility index (Phi) is 3.88. The van der Waals surface area contributed by atoms with Crippen LogP contribution in [0.4, 0.5) is 24.7 Å². The zero-order valence-corrected chi connectivity index (χ0v) is 10.4. The van der Waals surface area contributed by atoms with Crippen molar-refractivity contribution < 1.29 is 18.0 Å². The first-order chi connectivity index (χ1) is 9.54. The van der Waals surface area contributed by atoms with E-state index >= 15 is 0 Å². The quantitative estimate of drug-likeness (QED) is 0.909. The second-order valence-corrected chi connectivity index (χ2v) is 3.83. The molecule has 0 aliphatic heterocycles. The molecule has 4 nitrogen and oxygen atoms in total. The summed E-state index contributed by atoms with van der Waals surface area (Å²) in [6.07, 6.45) is 1.23. The lowest BCUT2D eigenvalue weighted by atomic mass is 10.2. The van der Waals surface area contributed by atoms with Crippen molar-refractivity contribution in [2.24, 2.45) is 0 Å². The smallest absolute Gasteiger partial charge is 0.258 e. The van der Waals surface area contributed by atoms with Crippen LogP contribution in [0.2, 0.25) is 0 Å². The van der Waals surface area contributed by atoms with Gasteiger partial charge in [-0.05, 0) is 18.2 Å². The molecule has 0 radical (unpaired) electrons. The molecule has 7 heteroatoms. The van der Waals surface area contributed by atoms with Gasteiger partial charge in [0.2, 0.25) is 0 Å². The fraction of sp³-hybridized carbons (Fsp3) is 0.0769. The van der Waals surface area contributed by atoms with Crippen LogP contribution in [0.5, 0.6) is 0 Å². The number of aromatic nitrogens is 1. The molecular weight excluding hydrogens is 271 g/mol. The van der Waals surface area contributed by atoms with Crippen molar-refractivity contribution in [1.82, 2.24) is 4.98 Å². The van der Waals surface area contributed by atoms with Crippen molar-refractivity contribution in [2.45, 2.75) is 0 Å². The van der Waals surface area contributed by atoms with E-state index < -0.39 is 23.4 Å². The maximum atomic E-state index is 13.9. The Bertz CT molecular complexity index is 661. The number of rotatable bonds is 3. The SMILES string of the molecule is CNc1nccc(C(=O)Nc2cccc(F)c2F)c1F. The first kappa shape index (κ1) is 13.9. The number of pyridine rings is 1. The van der Waals surface area contributed by atoms with Gasteiger partial charge in [0, 0.05) is 13.2 Å². The number of hydrogen-bond acceptors (Lipinski definition) is 3. The number of carbonyl (C=O) groups is 1. The van der Waals surface area contributed by atoms with Crippen LogP contribution >= 0.6 is 0 Å². The molecule has 0 fully saturated rings. The molecule has 2 rings (SSSR count). The lowest BCUT2D eigenvalue weighted by Gasteiger charge is -2.09. The molecule has 2 aromatic rings. The third kappa shape index (κ3) is 2.56. The number of hydrogen-bond donors (Lipinski definition) is 2. The van der Waals surface area contributed by atoms with Crippen molar-refractivity contribution in [2.75, 3.05) is 17.7 Å². The molecule has 0 saturated heterocycles. The summed E-state index contributed by atoms with van der Waals surface area (Å²) in [5.41, 5.74) is -0.690. The Morgan fingerprint density at radius 1 is 1.15 bits per heavy atom.